The number of fused-ring (bicyclic) bond motifs is 1. The van der Waals surface area contributed by atoms with E-state index in [9.17, 15) is 4.79 Å². The van der Waals surface area contributed by atoms with Crippen LogP contribution in [0.4, 0.5) is 11.5 Å². The Labute approximate surface area is 178 Å². The molecule has 1 aromatic carbocycles. The molecule has 7 heteroatoms. The van der Waals surface area contributed by atoms with Crippen molar-refractivity contribution in [3.05, 3.63) is 82.7 Å². The summed E-state index contributed by atoms with van der Waals surface area (Å²) in [6.07, 6.45) is 3.50. The molecule has 0 aliphatic heterocycles. The Morgan fingerprint density at radius 3 is 2.60 bits per heavy atom. The molecule has 4 rings (SSSR count). The van der Waals surface area contributed by atoms with Gasteiger partial charge < -0.3 is 5.32 Å². The number of rotatable bonds is 4. The number of H-pyrrole nitrogens is 1. The van der Waals surface area contributed by atoms with Crippen LogP contribution in [0.5, 0.6) is 0 Å². The smallest absolute Gasteiger partial charge is 0.264 e. The predicted molar refractivity (Wildman–Crippen MR) is 121 cm³/mol. The van der Waals surface area contributed by atoms with Crippen LogP contribution in [-0.4, -0.2) is 25.4 Å². The number of hydrogen-bond donors (Lipinski definition) is 2. The maximum atomic E-state index is 11.1. The molecule has 0 atom stereocenters. The van der Waals surface area contributed by atoms with Crippen LogP contribution in [0.3, 0.4) is 0 Å². The molecule has 2 N–H and O–H groups in total. The number of anilines is 2. The number of thioether (sulfide) groups is 1. The van der Waals surface area contributed by atoms with Crippen molar-refractivity contribution in [2.45, 2.75) is 24.0 Å². The van der Waals surface area contributed by atoms with Gasteiger partial charge in [-0.05, 0) is 54.3 Å². The number of nitrogens with one attached hydrogen (secondary N) is 2. The number of aromatic nitrogens is 4. The Hall–Kier alpha value is -3.63. The van der Waals surface area contributed by atoms with Crippen molar-refractivity contribution in [3.8, 4) is 11.8 Å². The third kappa shape index (κ3) is 4.85. The summed E-state index contributed by atoms with van der Waals surface area (Å²) >= 11 is 1.83. The van der Waals surface area contributed by atoms with Crippen LogP contribution in [0.15, 0.2) is 70.6 Å². The first-order valence-electron chi connectivity index (χ1n) is 9.43. The normalized spacial score (nSPS) is 10.6. The summed E-state index contributed by atoms with van der Waals surface area (Å²) in [5, 5.41) is 12.0. The van der Waals surface area contributed by atoms with E-state index in [1.807, 2.05) is 36.0 Å². The van der Waals surface area contributed by atoms with E-state index >= 15 is 0 Å². The summed E-state index contributed by atoms with van der Waals surface area (Å²) in [7, 11) is 0. The molecular weight excluding hydrogens is 394 g/mol. The number of benzene rings is 1. The lowest BCUT2D eigenvalue weighted by atomic mass is 10.1. The molecule has 0 amide bonds. The molecule has 0 radical (unpaired) electrons. The molecule has 0 spiro atoms. The molecule has 30 heavy (non-hydrogen) atoms. The molecule has 0 unspecified atom stereocenters. The van der Waals surface area contributed by atoms with E-state index in [-0.39, 0.29) is 5.56 Å². The van der Waals surface area contributed by atoms with Gasteiger partial charge in [0, 0.05) is 45.1 Å². The predicted octanol–water partition coefficient (Wildman–Crippen LogP) is 4.36. The van der Waals surface area contributed by atoms with Gasteiger partial charge in [-0.2, -0.15) is 5.10 Å². The van der Waals surface area contributed by atoms with Gasteiger partial charge in [0.15, 0.2) is 0 Å². The largest absolute Gasteiger partial charge is 0.340 e. The molecule has 3 heterocycles. The van der Waals surface area contributed by atoms with Crippen molar-refractivity contribution in [3.63, 3.8) is 0 Å². The van der Waals surface area contributed by atoms with Gasteiger partial charge in [0.25, 0.3) is 5.56 Å². The second kappa shape index (κ2) is 8.80. The number of pyridine rings is 2. The van der Waals surface area contributed by atoms with Gasteiger partial charge in [0.1, 0.15) is 17.2 Å². The molecule has 3 aromatic heterocycles. The van der Waals surface area contributed by atoms with Crippen molar-refractivity contribution < 1.29 is 0 Å². The van der Waals surface area contributed by atoms with Crippen molar-refractivity contribution in [1.29, 1.82) is 0 Å². The highest BCUT2D eigenvalue weighted by atomic mass is 32.2. The van der Waals surface area contributed by atoms with Crippen molar-refractivity contribution in [2.75, 3.05) is 5.32 Å². The van der Waals surface area contributed by atoms with Crippen molar-refractivity contribution in [2.24, 2.45) is 0 Å². The summed E-state index contributed by atoms with van der Waals surface area (Å²) in [5.41, 5.74) is 1.79. The molecule has 0 aliphatic rings. The lowest BCUT2D eigenvalue weighted by molar-refractivity contribution is 0.974. The average molecular weight is 414 g/mol. The highest BCUT2D eigenvalue weighted by molar-refractivity contribution is 7.99. The van der Waals surface area contributed by atoms with Gasteiger partial charge in [-0.1, -0.05) is 13.8 Å². The fraction of sp³-hybridized carbons (Fsp3) is 0.130. The maximum absolute atomic E-state index is 11.1. The molecule has 0 aliphatic carbocycles. The van der Waals surface area contributed by atoms with Crippen molar-refractivity contribution in [1.82, 2.24) is 20.2 Å². The Kier molecular flexibility index (Phi) is 5.77. The third-order valence-electron chi connectivity index (χ3n) is 4.13. The lowest BCUT2D eigenvalue weighted by Gasteiger charge is -2.09. The molecule has 6 nitrogen and oxygen atoms in total. The fourth-order valence-corrected chi connectivity index (χ4v) is 3.65. The van der Waals surface area contributed by atoms with Gasteiger partial charge in [-0.3, -0.25) is 4.79 Å². The zero-order valence-electron chi connectivity index (χ0n) is 16.5. The first-order valence-corrected chi connectivity index (χ1v) is 10.3. The third-order valence-corrected chi connectivity index (χ3v) is 5.15. The van der Waals surface area contributed by atoms with Crippen molar-refractivity contribution >= 4 is 34.0 Å². The minimum absolute atomic E-state index is 0.263. The van der Waals surface area contributed by atoms with Gasteiger partial charge >= 0.3 is 0 Å². The average Bonchev–Trinajstić information content (AvgIpc) is 2.74. The highest BCUT2D eigenvalue weighted by Crippen LogP contribution is 2.26. The van der Waals surface area contributed by atoms with E-state index in [1.165, 1.54) is 11.0 Å². The maximum Gasteiger partial charge on any atom is 0.264 e. The Morgan fingerprint density at radius 1 is 1.03 bits per heavy atom. The lowest BCUT2D eigenvalue weighted by Crippen LogP contribution is -2.05. The summed E-state index contributed by atoms with van der Waals surface area (Å²) < 4.78 is 0. The first kappa shape index (κ1) is 19.7. The molecule has 4 aromatic rings. The minimum atomic E-state index is -0.263. The Balaban J connectivity index is 1.61. The molecule has 0 bridgehead atoms. The van der Waals surface area contributed by atoms with Crippen LogP contribution < -0.4 is 10.9 Å². The zero-order chi connectivity index (χ0) is 20.9. The van der Waals surface area contributed by atoms with Gasteiger partial charge in [-0.25, -0.2) is 15.1 Å². The minimum Gasteiger partial charge on any atom is -0.340 e. The van der Waals surface area contributed by atoms with Gasteiger partial charge in [0.2, 0.25) is 0 Å². The van der Waals surface area contributed by atoms with Gasteiger partial charge in [0.05, 0.1) is 0 Å². The van der Waals surface area contributed by atoms with Crippen LogP contribution in [-0.2, 0) is 0 Å². The van der Waals surface area contributed by atoms with E-state index in [1.54, 1.807) is 18.5 Å². The van der Waals surface area contributed by atoms with Crippen LogP contribution >= 0.6 is 11.8 Å². The molecule has 148 valence electrons. The molecular formula is C23H19N5OS. The standard InChI is InChI=1S/C23H19N5OS/c1-15(2)30-19-7-3-17(4-8-19)26-22-13-20-16(14-25-22)11-12-24-21(20)9-5-18-6-10-23(29)28-27-18/h3-4,6-8,10-15H,1-2H3,(H,25,26)(H,28,29). The number of nitrogens with zero attached hydrogens (tertiary/aromatic N) is 3. The number of hydrogen-bond acceptors (Lipinski definition) is 6. The van der Waals surface area contributed by atoms with Crippen LogP contribution in [0.2, 0.25) is 0 Å². The Bertz CT molecular complexity index is 1280. The van der Waals surface area contributed by atoms with E-state index in [4.69, 9.17) is 0 Å². The second-order valence-corrected chi connectivity index (χ2v) is 8.47. The topological polar surface area (TPSA) is 83.6 Å². The number of aromatic amines is 1. The SMILES string of the molecule is CC(C)Sc1ccc(Nc2cc3c(C#Cc4ccc(=O)[nH]n4)nccc3cn2)cc1. The van der Waals surface area contributed by atoms with Gasteiger partial charge in [-0.15, -0.1) is 11.8 Å². The molecule has 0 saturated carbocycles. The monoisotopic (exact) mass is 413 g/mol. The highest BCUT2D eigenvalue weighted by Gasteiger charge is 2.05. The van der Waals surface area contributed by atoms with Crippen LogP contribution in [0, 0.1) is 11.8 Å². The quantitative estimate of drug-likeness (QED) is 0.382. The molecule has 0 fully saturated rings. The first-order chi connectivity index (χ1) is 14.6. The summed E-state index contributed by atoms with van der Waals surface area (Å²) in [4.78, 5) is 21.3. The van der Waals surface area contributed by atoms with Crippen LogP contribution in [0.1, 0.15) is 25.2 Å². The summed E-state index contributed by atoms with van der Waals surface area (Å²) in [6, 6.07) is 15.1. The van der Waals surface area contributed by atoms with E-state index in [2.05, 4.69) is 63.3 Å². The van der Waals surface area contributed by atoms with E-state index in [0.29, 0.717) is 22.5 Å². The fourth-order valence-electron chi connectivity index (χ4n) is 2.81. The van der Waals surface area contributed by atoms with E-state index in [0.717, 1.165) is 16.5 Å². The van der Waals surface area contributed by atoms with E-state index < -0.39 is 0 Å². The Morgan fingerprint density at radius 2 is 1.87 bits per heavy atom. The second-order valence-electron chi connectivity index (χ2n) is 6.82. The van der Waals surface area contributed by atoms with Crippen LogP contribution in [0.25, 0.3) is 10.8 Å². The summed E-state index contributed by atoms with van der Waals surface area (Å²) in [6.45, 7) is 4.36. The molecule has 0 saturated heterocycles. The summed E-state index contributed by atoms with van der Waals surface area (Å²) in [5.74, 6) is 6.68. The zero-order valence-corrected chi connectivity index (χ0v) is 17.3.